The number of aliphatic hydroxyl groups excluding tert-OH is 1. The summed E-state index contributed by atoms with van der Waals surface area (Å²) >= 11 is 6.13. The zero-order chi connectivity index (χ0) is 11.4. The third-order valence-corrected chi connectivity index (χ3v) is 2.65. The van der Waals surface area contributed by atoms with Crippen LogP contribution < -0.4 is 10.6 Å². The first-order valence-electron chi connectivity index (χ1n) is 4.93. The topological polar surface area (TPSA) is 49.5 Å². The van der Waals surface area contributed by atoms with Gasteiger partial charge < -0.3 is 15.7 Å². The summed E-state index contributed by atoms with van der Waals surface area (Å²) in [7, 11) is 1.89. The molecule has 0 spiro atoms. The highest BCUT2D eigenvalue weighted by Crippen LogP contribution is 2.27. The molecule has 0 saturated carbocycles. The lowest BCUT2D eigenvalue weighted by molar-refractivity contribution is 0.304. The number of nitrogens with two attached hydrogens (primary N) is 1. The highest BCUT2D eigenvalue weighted by atomic mass is 35.5. The number of nitrogens with zero attached hydrogens (tertiary/aromatic N) is 1. The van der Waals surface area contributed by atoms with Crippen molar-refractivity contribution in [1.82, 2.24) is 0 Å². The van der Waals surface area contributed by atoms with Crippen LogP contribution in [0.2, 0.25) is 5.02 Å². The molecule has 3 N–H and O–H groups in total. The van der Waals surface area contributed by atoms with Gasteiger partial charge in [-0.2, -0.15) is 0 Å². The second kappa shape index (κ2) is 5.35. The number of likely N-dealkylation sites (N-methyl/N-ethyl adjacent to an activating group) is 1. The van der Waals surface area contributed by atoms with Crippen molar-refractivity contribution in [2.45, 2.75) is 13.0 Å². The smallest absolute Gasteiger partial charge is 0.0642 e. The van der Waals surface area contributed by atoms with Gasteiger partial charge in [0.05, 0.1) is 17.3 Å². The highest BCUT2D eigenvalue weighted by molar-refractivity contribution is 6.33. The van der Waals surface area contributed by atoms with Crippen LogP contribution in [0.4, 0.5) is 5.69 Å². The van der Waals surface area contributed by atoms with E-state index in [1.165, 1.54) is 0 Å². The lowest BCUT2D eigenvalue weighted by atomic mass is 10.1. The zero-order valence-electron chi connectivity index (χ0n) is 9.07. The van der Waals surface area contributed by atoms with Gasteiger partial charge in [-0.3, -0.25) is 0 Å². The molecule has 0 aromatic heterocycles. The number of hydrogen-bond acceptors (Lipinski definition) is 3. The third kappa shape index (κ3) is 3.09. The van der Waals surface area contributed by atoms with Crippen molar-refractivity contribution in [2.75, 3.05) is 25.1 Å². The maximum absolute atomic E-state index is 8.83. The molecular formula is C11H17ClN2O. The number of hydrogen-bond donors (Lipinski definition) is 2. The van der Waals surface area contributed by atoms with Crippen molar-refractivity contribution in [3.63, 3.8) is 0 Å². The van der Waals surface area contributed by atoms with Crippen LogP contribution in [0.3, 0.4) is 0 Å². The lowest BCUT2D eigenvalue weighted by Gasteiger charge is -2.20. The van der Waals surface area contributed by atoms with E-state index in [0.29, 0.717) is 11.6 Å². The van der Waals surface area contributed by atoms with E-state index in [4.69, 9.17) is 22.4 Å². The van der Waals surface area contributed by atoms with Gasteiger partial charge in [0, 0.05) is 19.6 Å². The van der Waals surface area contributed by atoms with Gasteiger partial charge in [-0.15, -0.1) is 0 Å². The molecule has 3 nitrogen and oxygen atoms in total. The quantitative estimate of drug-likeness (QED) is 0.826. The molecule has 1 unspecified atom stereocenters. The summed E-state index contributed by atoms with van der Waals surface area (Å²) in [6.07, 6.45) is 0. The standard InChI is InChI=1S/C11H17ClN2O/c1-8(13)9-3-4-11(10(12)7-9)14(2)5-6-15/h3-4,7-8,15H,5-6,13H2,1-2H3. The first-order valence-corrected chi connectivity index (χ1v) is 5.31. The molecule has 0 bridgehead atoms. The fourth-order valence-electron chi connectivity index (χ4n) is 1.39. The minimum Gasteiger partial charge on any atom is -0.395 e. The minimum atomic E-state index is -0.0142. The summed E-state index contributed by atoms with van der Waals surface area (Å²) in [5.41, 5.74) is 7.68. The highest BCUT2D eigenvalue weighted by Gasteiger charge is 2.07. The third-order valence-electron chi connectivity index (χ3n) is 2.34. The first kappa shape index (κ1) is 12.3. The molecular weight excluding hydrogens is 212 g/mol. The molecule has 1 atom stereocenters. The number of rotatable bonds is 4. The summed E-state index contributed by atoms with van der Waals surface area (Å²) in [5, 5.41) is 9.49. The molecule has 0 heterocycles. The van der Waals surface area contributed by atoms with Gasteiger partial charge in [0.25, 0.3) is 0 Å². The number of anilines is 1. The van der Waals surface area contributed by atoms with Crippen LogP contribution in [0.15, 0.2) is 18.2 Å². The SMILES string of the molecule is CC(N)c1ccc(N(C)CCO)c(Cl)c1. The van der Waals surface area contributed by atoms with E-state index in [1.807, 2.05) is 37.1 Å². The molecule has 1 rings (SSSR count). The van der Waals surface area contributed by atoms with Crippen LogP contribution in [-0.4, -0.2) is 25.3 Å². The predicted octanol–water partition coefficient (Wildman–Crippen LogP) is 1.79. The summed E-state index contributed by atoms with van der Waals surface area (Å²) in [6, 6.07) is 5.74. The van der Waals surface area contributed by atoms with Crippen LogP contribution in [0.1, 0.15) is 18.5 Å². The summed E-state index contributed by atoms with van der Waals surface area (Å²) in [6.45, 7) is 2.60. The number of benzene rings is 1. The molecule has 0 aliphatic carbocycles. The van der Waals surface area contributed by atoms with Gasteiger partial charge in [0.1, 0.15) is 0 Å². The molecule has 84 valence electrons. The van der Waals surface area contributed by atoms with E-state index in [9.17, 15) is 0 Å². The van der Waals surface area contributed by atoms with Crippen LogP contribution in [-0.2, 0) is 0 Å². The molecule has 0 radical (unpaired) electrons. The second-order valence-electron chi connectivity index (χ2n) is 3.64. The summed E-state index contributed by atoms with van der Waals surface area (Å²) in [5.74, 6) is 0. The van der Waals surface area contributed by atoms with E-state index in [-0.39, 0.29) is 12.6 Å². The van der Waals surface area contributed by atoms with Crippen LogP contribution in [0, 0.1) is 0 Å². The first-order chi connectivity index (χ1) is 7.06. The van der Waals surface area contributed by atoms with Crippen LogP contribution in [0.5, 0.6) is 0 Å². The summed E-state index contributed by atoms with van der Waals surface area (Å²) < 4.78 is 0. The molecule has 15 heavy (non-hydrogen) atoms. The molecule has 0 fully saturated rings. The van der Waals surface area contributed by atoms with E-state index in [2.05, 4.69) is 0 Å². The Morgan fingerprint density at radius 2 is 2.20 bits per heavy atom. The lowest BCUT2D eigenvalue weighted by Crippen LogP contribution is -2.21. The zero-order valence-corrected chi connectivity index (χ0v) is 9.83. The molecule has 0 aliphatic heterocycles. The molecule has 1 aromatic rings. The van der Waals surface area contributed by atoms with Crippen molar-refractivity contribution in [2.24, 2.45) is 5.73 Å². The van der Waals surface area contributed by atoms with Crippen molar-refractivity contribution >= 4 is 17.3 Å². The molecule has 1 aromatic carbocycles. The Hall–Kier alpha value is -0.770. The van der Waals surface area contributed by atoms with E-state index < -0.39 is 0 Å². The van der Waals surface area contributed by atoms with Crippen molar-refractivity contribution in [3.05, 3.63) is 28.8 Å². The summed E-state index contributed by atoms with van der Waals surface area (Å²) in [4.78, 5) is 1.91. The van der Waals surface area contributed by atoms with Gasteiger partial charge in [-0.05, 0) is 24.6 Å². The maximum Gasteiger partial charge on any atom is 0.0642 e. The Bertz CT molecular complexity index is 328. The van der Waals surface area contributed by atoms with Gasteiger partial charge in [0.15, 0.2) is 0 Å². The van der Waals surface area contributed by atoms with Gasteiger partial charge in [-0.25, -0.2) is 0 Å². The molecule has 0 aliphatic rings. The average molecular weight is 229 g/mol. The maximum atomic E-state index is 8.83. The average Bonchev–Trinajstić information content (AvgIpc) is 2.17. The Balaban J connectivity index is 2.92. The Morgan fingerprint density at radius 3 is 2.67 bits per heavy atom. The minimum absolute atomic E-state index is 0.0142. The normalized spacial score (nSPS) is 12.6. The molecule has 0 saturated heterocycles. The van der Waals surface area contributed by atoms with Crippen molar-refractivity contribution in [1.29, 1.82) is 0 Å². The number of halogens is 1. The Kier molecular flexibility index (Phi) is 4.39. The van der Waals surface area contributed by atoms with Crippen molar-refractivity contribution in [3.8, 4) is 0 Å². The monoisotopic (exact) mass is 228 g/mol. The fraction of sp³-hybridized carbons (Fsp3) is 0.455. The predicted molar refractivity (Wildman–Crippen MR) is 64.4 cm³/mol. The van der Waals surface area contributed by atoms with Gasteiger partial charge in [0.2, 0.25) is 0 Å². The Labute approximate surface area is 95.5 Å². The van der Waals surface area contributed by atoms with E-state index in [1.54, 1.807) is 0 Å². The van der Waals surface area contributed by atoms with Gasteiger partial charge >= 0.3 is 0 Å². The molecule has 4 heteroatoms. The second-order valence-corrected chi connectivity index (χ2v) is 4.05. The van der Waals surface area contributed by atoms with E-state index >= 15 is 0 Å². The number of aliphatic hydroxyl groups is 1. The van der Waals surface area contributed by atoms with Crippen molar-refractivity contribution < 1.29 is 5.11 Å². The van der Waals surface area contributed by atoms with Crippen LogP contribution in [0.25, 0.3) is 0 Å². The Morgan fingerprint density at radius 1 is 1.53 bits per heavy atom. The van der Waals surface area contributed by atoms with Crippen LogP contribution >= 0.6 is 11.6 Å². The fourth-order valence-corrected chi connectivity index (χ4v) is 1.72. The van der Waals surface area contributed by atoms with Gasteiger partial charge in [-0.1, -0.05) is 17.7 Å². The van der Waals surface area contributed by atoms with E-state index in [0.717, 1.165) is 11.3 Å². The molecule has 0 amide bonds. The largest absolute Gasteiger partial charge is 0.395 e.